The van der Waals surface area contributed by atoms with Gasteiger partial charge in [0.1, 0.15) is 12.0 Å². The summed E-state index contributed by atoms with van der Waals surface area (Å²) in [4.78, 5) is 12.6. The molecular weight excluding hydrogens is 374 g/mol. The van der Waals surface area contributed by atoms with E-state index in [0.717, 1.165) is 43.2 Å². The van der Waals surface area contributed by atoms with Gasteiger partial charge in [-0.25, -0.2) is 13.2 Å². The molecule has 0 radical (unpaired) electrons. The quantitative estimate of drug-likeness (QED) is 0.768. The van der Waals surface area contributed by atoms with Gasteiger partial charge >= 0.3 is 6.09 Å². The van der Waals surface area contributed by atoms with Crippen LogP contribution < -0.4 is 5.32 Å². The first-order valence-corrected chi connectivity index (χ1v) is 11.3. The standard InChI is InChI=1S/C22H27NO4S/c1-17-12-14-20(15-13-17)28(25,26)21(19-10-6-3-7-11-19)23-22(24)27-16-18-8-4-2-5-9-18/h2,4-5,8-9,12-15,19,21H,3,6-7,10-11,16H2,1H3,(H,23,24). The number of ether oxygens (including phenoxy) is 1. The van der Waals surface area contributed by atoms with E-state index in [1.165, 1.54) is 0 Å². The normalized spacial score (nSPS) is 16.3. The highest BCUT2D eigenvalue weighted by atomic mass is 32.2. The third-order valence-corrected chi connectivity index (χ3v) is 7.34. The Hall–Kier alpha value is -2.34. The van der Waals surface area contributed by atoms with E-state index in [1.807, 2.05) is 37.3 Å². The maximum absolute atomic E-state index is 13.3. The van der Waals surface area contributed by atoms with Gasteiger partial charge in [0, 0.05) is 0 Å². The Labute approximate surface area is 167 Å². The van der Waals surface area contributed by atoms with Crippen LogP contribution in [0.2, 0.25) is 0 Å². The minimum atomic E-state index is -3.71. The molecule has 0 saturated heterocycles. The van der Waals surface area contributed by atoms with Gasteiger partial charge in [0.2, 0.25) is 0 Å². The smallest absolute Gasteiger partial charge is 0.408 e. The second-order valence-corrected chi connectivity index (χ2v) is 9.45. The lowest BCUT2D eigenvalue weighted by atomic mass is 9.89. The van der Waals surface area contributed by atoms with Crippen molar-refractivity contribution < 1.29 is 17.9 Å². The van der Waals surface area contributed by atoms with Crippen LogP contribution in [0.5, 0.6) is 0 Å². The summed E-state index contributed by atoms with van der Waals surface area (Å²) in [6.07, 6.45) is 3.93. The van der Waals surface area contributed by atoms with Gasteiger partial charge < -0.3 is 10.1 Å². The zero-order chi connectivity index (χ0) is 20.0. The molecule has 1 atom stereocenters. The molecule has 0 aromatic heterocycles. The Morgan fingerprint density at radius 1 is 1.04 bits per heavy atom. The van der Waals surface area contributed by atoms with Crippen LogP contribution in [0.1, 0.15) is 43.2 Å². The number of carbonyl (C=O) groups is 1. The van der Waals surface area contributed by atoms with Crippen LogP contribution in [-0.4, -0.2) is 19.9 Å². The van der Waals surface area contributed by atoms with Gasteiger partial charge in [0.15, 0.2) is 9.84 Å². The minimum absolute atomic E-state index is 0.106. The third kappa shape index (κ3) is 5.13. The van der Waals surface area contributed by atoms with Crippen LogP contribution in [-0.2, 0) is 21.2 Å². The molecule has 3 rings (SSSR count). The number of sulfone groups is 1. The van der Waals surface area contributed by atoms with E-state index in [1.54, 1.807) is 24.3 Å². The molecule has 5 nitrogen and oxygen atoms in total. The largest absolute Gasteiger partial charge is 0.445 e. The molecule has 1 amide bonds. The van der Waals surface area contributed by atoms with Crippen molar-refractivity contribution >= 4 is 15.9 Å². The van der Waals surface area contributed by atoms with Crippen LogP contribution in [0.4, 0.5) is 4.79 Å². The summed E-state index contributed by atoms with van der Waals surface area (Å²) in [6.45, 7) is 2.02. The van der Waals surface area contributed by atoms with Crippen molar-refractivity contribution in [3.05, 3.63) is 65.7 Å². The van der Waals surface area contributed by atoms with Crippen molar-refractivity contribution in [3.8, 4) is 0 Å². The SMILES string of the molecule is Cc1ccc(S(=O)(=O)C(NC(=O)OCc2ccccc2)C2CCCCC2)cc1. The molecule has 1 unspecified atom stereocenters. The number of amides is 1. The molecule has 0 bridgehead atoms. The lowest BCUT2D eigenvalue weighted by Crippen LogP contribution is -2.46. The predicted molar refractivity (Wildman–Crippen MR) is 108 cm³/mol. The summed E-state index contributed by atoms with van der Waals surface area (Å²) in [5.74, 6) is -0.107. The average molecular weight is 402 g/mol. The molecule has 1 saturated carbocycles. The molecule has 6 heteroatoms. The summed E-state index contributed by atoms with van der Waals surface area (Å²) >= 11 is 0. The van der Waals surface area contributed by atoms with Crippen LogP contribution in [0, 0.1) is 12.8 Å². The molecule has 0 spiro atoms. The lowest BCUT2D eigenvalue weighted by Gasteiger charge is -2.30. The average Bonchev–Trinajstić information content (AvgIpc) is 2.72. The summed E-state index contributed by atoms with van der Waals surface area (Å²) in [7, 11) is -3.71. The number of benzene rings is 2. The number of rotatable bonds is 6. The van der Waals surface area contributed by atoms with Gasteiger partial charge in [-0.1, -0.05) is 67.3 Å². The summed E-state index contributed by atoms with van der Waals surface area (Å²) in [6, 6.07) is 16.1. The fraction of sp³-hybridized carbons (Fsp3) is 0.409. The van der Waals surface area contributed by atoms with E-state index in [9.17, 15) is 13.2 Å². The lowest BCUT2D eigenvalue weighted by molar-refractivity contribution is 0.134. The summed E-state index contributed by atoms with van der Waals surface area (Å²) in [5, 5.41) is 1.69. The van der Waals surface area contributed by atoms with Crippen LogP contribution in [0.3, 0.4) is 0 Å². The molecule has 1 aliphatic rings. The van der Waals surface area contributed by atoms with Gasteiger partial charge in [-0.05, 0) is 43.4 Å². The topological polar surface area (TPSA) is 72.5 Å². The molecule has 150 valence electrons. The first-order chi connectivity index (χ1) is 13.5. The monoisotopic (exact) mass is 401 g/mol. The van der Waals surface area contributed by atoms with Crippen molar-refractivity contribution in [1.82, 2.24) is 5.32 Å². The molecule has 1 aliphatic carbocycles. The number of hydrogen-bond donors (Lipinski definition) is 1. The second-order valence-electron chi connectivity index (χ2n) is 7.38. The van der Waals surface area contributed by atoms with Crippen molar-refractivity contribution in [2.24, 2.45) is 5.92 Å². The van der Waals surface area contributed by atoms with Crippen molar-refractivity contribution in [2.45, 2.75) is 55.9 Å². The maximum Gasteiger partial charge on any atom is 0.408 e. The van der Waals surface area contributed by atoms with Gasteiger partial charge in [-0.3, -0.25) is 0 Å². The third-order valence-electron chi connectivity index (χ3n) is 5.23. The molecular formula is C22H27NO4S. The highest BCUT2D eigenvalue weighted by Crippen LogP contribution is 2.31. The molecule has 2 aromatic rings. The van der Waals surface area contributed by atoms with Gasteiger partial charge in [-0.15, -0.1) is 0 Å². The number of nitrogens with one attached hydrogen (secondary N) is 1. The van der Waals surface area contributed by atoms with E-state index in [-0.39, 0.29) is 17.4 Å². The Morgan fingerprint density at radius 2 is 1.68 bits per heavy atom. The van der Waals surface area contributed by atoms with Gasteiger partial charge in [0.05, 0.1) is 4.90 Å². The van der Waals surface area contributed by atoms with E-state index in [4.69, 9.17) is 4.74 Å². The van der Waals surface area contributed by atoms with Crippen LogP contribution in [0.25, 0.3) is 0 Å². The number of alkyl carbamates (subject to hydrolysis) is 1. The predicted octanol–water partition coefficient (Wildman–Crippen LogP) is 4.60. The summed E-state index contributed by atoms with van der Waals surface area (Å²) in [5.41, 5.74) is 1.84. The van der Waals surface area contributed by atoms with Crippen molar-refractivity contribution in [2.75, 3.05) is 0 Å². The highest BCUT2D eigenvalue weighted by Gasteiger charge is 2.37. The van der Waals surface area contributed by atoms with E-state index >= 15 is 0 Å². The molecule has 0 aliphatic heterocycles. The Balaban J connectivity index is 1.76. The van der Waals surface area contributed by atoms with Gasteiger partial charge in [-0.2, -0.15) is 0 Å². The van der Waals surface area contributed by atoms with E-state index < -0.39 is 21.3 Å². The second kappa shape index (κ2) is 9.24. The fourth-order valence-corrected chi connectivity index (χ4v) is 5.48. The molecule has 28 heavy (non-hydrogen) atoms. The number of hydrogen-bond acceptors (Lipinski definition) is 4. The summed E-state index contributed by atoms with van der Waals surface area (Å²) < 4.78 is 31.8. The molecule has 1 fully saturated rings. The first kappa shape index (κ1) is 20.4. The van der Waals surface area contributed by atoms with Crippen LogP contribution >= 0.6 is 0 Å². The first-order valence-electron chi connectivity index (χ1n) is 9.74. The van der Waals surface area contributed by atoms with Crippen molar-refractivity contribution in [1.29, 1.82) is 0 Å². The Kier molecular flexibility index (Phi) is 6.73. The Bertz CT molecular complexity index is 873. The highest BCUT2D eigenvalue weighted by molar-refractivity contribution is 7.92. The maximum atomic E-state index is 13.3. The zero-order valence-electron chi connectivity index (χ0n) is 16.1. The van der Waals surface area contributed by atoms with Crippen molar-refractivity contribution in [3.63, 3.8) is 0 Å². The van der Waals surface area contributed by atoms with Crippen LogP contribution in [0.15, 0.2) is 59.5 Å². The van der Waals surface area contributed by atoms with E-state index in [2.05, 4.69) is 5.32 Å². The fourth-order valence-electron chi connectivity index (χ4n) is 3.64. The number of aryl methyl sites for hydroxylation is 1. The number of carbonyl (C=O) groups excluding carboxylic acids is 1. The molecule has 0 heterocycles. The van der Waals surface area contributed by atoms with E-state index in [0.29, 0.717) is 0 Å². The Morgan fingerprint density at radius 3 is 2.32 bits per heavy atom. The van der Waals surface area contributed by atoms with Gasteiger partial charge in [0.25, 0.3) is 0 Å². The molecule has 2 aromatic carbocycles. The molecule has 1 N–H and O–H groups in total. The minimum Gasteiger partial charge on any atom is -0.445 e. The zero-order valence-corrected chi connectivity index (χ0v) is 17.0.